The van der Waals surface area contributed by atoms with Crippen LogP contribution in [0.25, 0.3) is 0 Å². The van der Waals surface area contributed by atoms with Gasteiger partial charge in [-0.1, -0.05) is 15.9 Å². The van der Waals surface area contributed by atoms with E-state index in [9.17, 15) is 4.79 Å². The number of carbonyl (C=O) groups is 1. The van der Waals surface area contributed by atoms with Crippen LogP contribution in [0, 0.1) is 11.3 Å². The SMILES string of the molecule is N#Cc1cc(Br)ccc1NC(=O)c1cn[nH]c1. The molecule has 1 aromatic carbocycles. The van der Waals surface area contributed by atoms with Gasteiger partial charge in [0.2, 0.25) is 0 Å². The van der Waals surface area contributed by atoms with E-state index in [-0.39, 0.29) is 5.91 Å². The molecule has 0 fully saturated rings. The van der Waals surface area contributed by atoms with E-state index in [0.717, 1.165) is 4.47 Å². The summed E-state index contributed by atoms with van der Waals surface area (Å²) in [7, 11) is 0. The van der Waals surface area contributed by atoms with Crippen molar-refractivity contribution in [1.29, 1.82) is 5.26 Å². The predicted molar refractivity (Wildman–Crippen MR) is 65.4 cm³/mol. The molecule has 0 aliphatic rings. The lowest BCUT2D eigenvalue weighted by Crippen LogP contribution is -2.11. The molecule has 1 aromatic heterocycles. The number of aromatic amines is 1. The average molecular weight is 291 g/mol. The fourth-order valence-corrected chi connectivity index (χ4v) is 1.65. The summed E-state index contributed by atoms with van der Waals surface area (Å²) in [5.74, 6) is -0.308. The number of rotatable bonds is 2. The van der Waals surface area contributed by atoms with Crippen molar-refractivity contribution in [2.45, 2.75) is 0 Å². The van der Waals surface area contributed by atoms with Crippen LogP contribution < -0.4 is 5.32 Å². The van der Waals surface area contributed by atoms with Crippen LogP contribution in [-0.2, 0) is 0 Å². The number of hydrogen-bond donors (Lipinski definition) is 2. The van der Waals surface area contributed by atoms with Gasteiger partial charge in [-0.25, -0.2) is 0 Å². The van der Waals surface area contributed by atoms with E-state index in [1.165, 1.54) is 12.4 Å². The number of nitrogens with one attached hydrogen (secondary N) is 2. The van der Waals surface area contributed by atoms with Crippen LogP contribution in [0.3, 0.4) is 0 Å². The molecule has 0 aliphatic carbocycles. The Morgan fingerprint density at radius 3 is 3.00 bits per heavy atom. The van der Waals surface area contributed by atoms with Gasteiger partial charge in [0.1, 0.15) is 6.07 Å². The van der Waals surface area contributed by atoms with Crippen LogP contribution in [0.4, 0.5) is 5.69 Å². The molecule has 1 amide bonds. The molecule has 2 aromatic rings. The van der Waals surface area contributed by atoms with Gasteiger partial charge in [0.25, 0.3) is 5.91 Å². The summed E-state index contributed by atoms with van der Waals surface area (Å²) in [6.45, 7) is 0. The lowest BCUT2D eigenvalue weighted by Gasteiger charge is -2.05. The number of nitrogens with zero attached hydrogens (tertiary/aromatic N) is 2. The van der Waals surface area contributed by atoms with Crippen molar-refractivity contribution in [2.75, 3.05) is 5.32 Å². The van der Waals surface area contributed by atoms with Gasteiger partial charge in [0.05, 0.1) is 23.0 Å². The Balaban J connectivity index is 2.25. The topological polar surface area (TPSA) is 81.6 Å². The third kappa shape index (κ3) is 2.52. The first-order valence-electron chi connectivity index (χ1n) is 4.70. The minimum Gasteiger partial charge on any atom is -0.321 e. The summed E-state index contributed by atoms with van der Waals surface area (Å²) in [5.41, 5.74) is 1.29. The molecule has 0 saturated heterocycles. The average Bonchev–Trinajstić information content (AvgIpc) is 2.85. The first-order valence-corrected chi connectivity index (χ1v) is 5.50. The van der Waals surface area contributed by atoms with Gasteiger partial charge in [0.15, 0.2) is 0 Å². The van der Waals surface area contributed by atoms with E-state index < -0.39 is 0 Å². The highest BCUT2D eigenvalue weighted by Crippen LogP contribution is 2.20. The molecule has 17 heavy (non-hydrogen) atoms. The van der Waals surface area contributed by atoms with E-state index in [4.69, 9.17) is 5.26 Å². The quantitative estimate of drug-likeness (QED) is 0.890. The van der Waals surface area contributed by atoms with E-state index in [1.807, 2.05) is 6.07 Å². The second-order valence-electron chi connectivity index (χ2n) is 3.24. The number of amides is 1. The number of H-pyrrole nitrogens is 1. The fourth-order valence-electron chi connectivity index (χ4n) is 1.29. The van der Waals surface area contributed by atoms with Crippen LogP contribution in [-0.4, -0.2) is 16.1 Å². The van der Waals surface area contributed by atoms with Gasteiger partial charge in [-0.05, 0) is 18.2 Å². The fraction of sp³-hybridized carbons (Fsp3) is 0. The number of hydrogen-bond acceptors (Lipinski definition) is 3. The highest BCUT2D eigenvalue weighted by molar-refractivity contribution is 9.10. The number of halogens is 1. The number of aromatic nitrogens is 2. The zero-order valence-corrected chi connectivity index (χ0v) is 10.2. The smallest absolute Gasteiger partial charge is 0.258 e. The van der Waals surface area contributed by atoms with Gasteiger partial charge in [-0.15, -0.1) is 0 Å². The molecule has 0 atom stereocenters. The molecule has 1 heterocycles. The van der Waals surface area contributed by atoms with Crippen molar-refractivity contribution in [3.05, 3.63) is 46.2 Å². The van der Waals surface area contributed by atoms with E-state index >= 15 is 0 Å². The van der Waals surface area contributed by atoms with Gasteiger partial charge in [0, 0.05) is 10.7 Å². The summed E-state index contributed by atoms with van der Waals surface area (Å²) >= 11 is 3.26. The van der Waals surface area contributed by atoms with E-state index in [0.29, 0.717) is 16.8 Å². The molecule has 0 unspecified atom stereocenters. The summed E-state index contributed by atoms with van der Waals surface area (Å²) in [4.78, 5) is 11.7. The highest BCUT2D eigenvalue weighted by Gasteiger charge is 2.10. The highest BCUT2D eigenvalue weighted by atomic mass is 79.9. The summed E-state index contributed by atoms with van der Waals surface area (Å²) in [6.07, 6.45) is 2.90. The van der Waals surface area contributed by atoms with Crippen LogP contribution in [0.15, 0.2) is 35.1 Å². The lowest BCUT2D eigenvalue weighted by atomic mass is 10.2. The molecule has 5 nitrogen and oxygen atoms in total. The maximum absolute atomic E-state index is 11.7. The van der Waals surface area contributed by atoms with E-state index in [2.05, 4.69) is 31.4 Å². The molecular formula is C11H7BrN4O. The second kappa shape index (κ2) is 4.80. The Hall–Kier alpha value is -2.13. The molecule has 0 aliphatic heterocycles. The zero-order chi connectivity index (χ0) is 12.3. The van der Waals surface area contributed by atoms with Crippen molar-refractivity contribution < 1.29 is 4.79 Å². The summed E-state index contributed by atoms with van der Waals surface area (Å²) in [6, 6.07) is 7.09. The van der Waals surface area contributed by atoms with Gasteiger partial charge >= 0.3 is 0 Å². The number of benzene rings is 1. The Morgan fingerprint density at radius 2 is 2.35 bits per heavy atom. The standard InChI is InChI=1S/C11H7BrN4O/c12-9-1-2-10(7(3-9)4-13)16-11(17)8-5-14-15-6-8/h1-3,5-6H,(H,14,15)(H,16,17). The van der Waals surface area contributed by atoms with Crippen LogP contribution >= 0.6 is 15.9 Å². The van der Waals surface area contributed by atoms with Gasteiger partial charge in [-0.2, -0.15) is 10.4 Å². The first-order chi connectivity index (χ1) is 8.20. The van der Waals surface area contributed by atoms with Crippen LogP contribution in [0.1, 0.15) is 15.9 Å². The Morgan fingerprint density at radius 1 is 1.53 bits per heavy atom. The first kappa shape index (κ1) is 11.4. The lowest BCUT2D eigenvalue weighted by molar-refractivity contribution is 0.102. The molecule has 0 saturated carbocycles. The maximum Gasteiger partial charge on any atom is 0.258 e. The summed E-state index contributed by atoms with van der Waals surface area (Å²) < 4.78 is 0.787. The molecule has 0 spiro atoms. The molecular weight excluding hydrogens is 284 g/mol. The maximum atomic E-state index is 11.7. The Bertz CT molecular complexity index is 586. The summed E-state index contributed by atoms with van der Waals surface area (Å²) in [5, 5.41) is 17.8. The number of anilines is 1. The predicted octanol–water partition coefficient (Wildman–Crippen LogP) is 2.30. The molecule has 0 radical (unpaired) electrons. The Labute approximate surface area is 106 Å². The van der Waals surface area contributed by atoms with E-state index in [1.54, 1.807) is 18.2 Å². The third-order valence-corrected chi connectivity index (χ3v) is 2.60. The number of nitriles is 1. The Kier molecular flexibility index (Phi) is 3.21. The normalized spacial score (nSPS) is 9.65. The van der Waals surface area contributed by atoms with Crippen LogP contribution in [0.5, 0.6) is 0 Å². The number of carbonyl (C=O) groups excluding carboxylic acids is 1. The van der Waals surface area contributed by atoms with Crippen LogP contribution in [0.2, 0.25) is 0 Å². The van der Waals surface area contributed by atoms with Crippen molar-refractivity contribution in [3.8, 4) is 6.07 Å². The monoisotopic (exact) mass is 290 g/mol. The van der Waals surface area contributed by atoms with Gasteiger partial charge in [-0.3, -0.25) is 9.89 Å². The molecule has 84 valence electrons. The minimum atomic E-state index is -0.308. The van der Waals surface area contributed by atoms with Gasteiger partial charge < -0.3 is 5.32 Å². The van der Waals surface area contributed by atoms with Crippen molar-refractivity contribution >= 4 is 27.5 Å². The second-order valence-corrected chi connectivity index (χ2v) is 4.16. The molecule has 6 heteroatoms. The third-order valence-electron chi connectivity index (χ3n) is 2.11. The van der Waals surface area contributed by atoms with Crippen molar-refractivity contribution in [1.82, 2.24) is 10.2 Å². The molecule has 2 rings (SSSR count). The van der Waals surface area contributed by atoms with Crippen molar-refractivity contribution in [3.63, 3.8) is 0 Å². The molecule has 2 N–H and O–H groups in total. The van der Waals surface area contributed by atoms with Crippen molar-refractivity contribution in [2.24, 2.45) is 0 Å². The minimum absolute atomic E-state index is 0.308. The molecule has 0 bridgehead atoms. The zero-order valence-electron chi connectivity index (χ0n) is 8.57. The largest absolute Gasteiger partial charge is 0.321 e.